The average molecular weight is 521 g/mol. The second-order valence-corrected chi connectivity index (χ2v) is 8.45. The molecule has 4 aromatic rings. The second kappa shape index (κ2) is 10.7. The Morgan fingerprint density at radius 3 is 2.11 bits per heavy atom. The van der Waals surface area contributed by atoms with Crippen LogP contribution in [-0.4, -0.2) is 48.5 Å². The topological polar surface area (TPSA) is 123 Å². The molecule has 0 aliphatic rings. The lowest BCUT2D eigenvalue weighted by Gasteiger charge is -2.17. The first-order chi connectivity index (χ1) is 18.2. The van der Waals surface area contributed by atoms with Gasteiger partial charge in [0, 0.05) is 49.9 Å². The maximum Gasteiger partial charge on any atom is 0.331 e. The molecule has 0 saturated heterocycles. The van der Waals surface area contributed by atoms with Crippen LogP contribution < -0.4 is 35.5 Å². The monoisotopic (exact) mass is 520 g/mol. The van der Waals surface area contributed by atoms with Crippen molar-refractivity contribution in [3.8, 4) is 23.0 Å². The third kappa shape index (κ3) is 4.77. The molecule has 2 aromatic carbocycles. The molecule has 11 nitrogen and oxygen atoms in total. The van der Waals surface area contributed by atoms with Crippen molar-refractivity contribution in [1.29, 1.82) is 0 Å². The maximum atomic E-state index is 13.2. The first-order valence-electron chi connectivity index (χ1n) is 11.5. The number of carbonyl (C=O) groups is 1. The van der Waals surface area contributed by atoms with E-state index in [2.05, 4.69) is 10.3 Å². The molecular formula is C27H28N4O7. The van der Waals surface area contributed by atoms with Crippen molar-refractivity contribution in [2.24, 2.45) is 14.1 Å². The molecule has 0 aliphatic carbocycles. The van der Waals surface area contributed by atoms with Crippen molar-refractivity contribution in [3.63, 3.8) is 0 Å². The van der Waals surface area contributed by atoms with E-state index < -0.39 is 17.2 Å². The van der Waals surface area contributed by atoms with Gasteiger partial charge >= 0.3 is 5.69 Å². The Hall–Kier alpha value is -4.80. The second-order valence-electron chi connectivity index (χ2n) is 8.45. The Morgan fingerprint density at radius 1 is 0.842 bits per heavy atom. The van der Waals surface area contributed by atoms with E-state index in [9.17, 15) is 14.4 Å². The number of anilines is 1. The van der Waals surface area contributed by atoms with Gasteiger partial charge in [0.15, 0.2) is 23.0 Å². The Morgan fingerprint density at radius 2 is 1.45 bits per heavy atom. The van der Waals surface area contributed by atoms with Crippen molar-refractivity contribution in [1.82, 2.24) is 14.1 Å². The summed E-state index contributed by atoms with van der Waals surface area (Å²) in [5.41, 5.74) is 0.500. The number of ether oxygens (including phenoxy) is 4. The van der Waals surface area contributed by atoms with E-state index in [1.165, 1.54) is 28.3 Å². The van der Waals surface area contributed by atoms with Gasteiger partial charge in [-0.15, -0.1) is 0 Å². The summed E-state index contributed by atoms with van der Waals surface area (Å²) in [6, 6.07) is 10.1. The lowest BCUT2D eigenvalue weighted by molar-refractivity contribution is 0.101. The highest BCUT2D eigenvalue weighted by Gasteiger charge is 2.19. The normalized spacial score (nSPS) is 10.8. The van der Waals surface area contributed by atoms with Crippen LogP contribution in [0.5, 0.6) is 23.0 Å². The van der Waals surface area contributed by atoms with Crippen LogP contribution in [0.2, 0.25) is 0 Å². The lowest BCUT2D eigenvalue weighted by atomic mass is 10.0. The van der Waals surface area contributed by atoms with Gasteiger partial charge in [-0.05, 0) is 35.2 Å². The number of methoxy groups -OCH3 is 4. The summed E-state index contributed by atoms with van der Waals surface area (Å²) in [5, 5.41) is 4.56. The quantitative estimate of drug-likeness (QED) is 0.376. The molecule has 2 heterocycles. The van der Waals surface area contributed by atoms with E-state index in [4.69, 9.17) is 18.9 Å². The van der Waals surface area contributed by atoms with E-state index in [1.54, 1.807) is 32.5 Å². The van der Waals surface area contributed by atoms with Crippen LogP contribution in [0.3, 0.4) is 0 Å². The smallest absolute Gasteiger partial charge is 0.331 e. The maximum absolute atomic E-state index is 13.2. The minimum Gasteiger partial charge on any atom is -0.493 e. The van der Waals surface area contributed by atoms with E-state index in [0.717, 1.165) is 26.0 Å². The Kier molecular flexibility index (Phi) is 7.38. The van der Waals surface area contributed by atoms with Gasteiger partial charge < -0.3 is 24.3 Å². The SMILES string of the molecule is COc1cc(Cc2nccc3cc(OC)c(OC)cc23)c(NC(=O)c2cc(=O)n(C)c(=O)n2C)cc1OC. The molecular weight excluding hydrogens is 492 g/mol. The zero-order chi connectivity index (χ0) is 27.6. The highest BCUT2D eigenvalue weighted by Crippen LogP contribution is 2.37. The van der Waals surface area contributed by atoms with Crippen molar-refractivity contribution >= 4 is 22.4 Å². The van der Waals surface area contributed by atoms with Crippen molar-refractivity contribution in [3.05, 3.63) is 80.4 Å². The van der Waals surface area contributed by atoms with Crippen LogP contribution in [0, 0.1) is 0 Å². The van der Waals surface area contributed by atoms with Crippen molar-refractivity contribution in [2.45, 2.75) is 6.42 Å². The van der Waals surface area contributed by atoms with Gasteiger partial charge in [0.2, 0.25) is 0 Å². The summed E-state index contributed by atoms with van der Waals surface area (Å²) in [6.45, 7) is 0. The fourth-order valence-electron chi connectivity index (χ4n) is 4.20. The standard InChI is InChI=1S/C27H28N4O7/c1-30-20(14-25(32)31(2)27(30)34)26(33)29-18-13-24(38-6)22(36-4)11-16(18)9-19-17-12-23(37-5)21(35-3)10-15(17)7-8-28-19/h7-8,10-14H,9H2,1-6H3,(H,29,33). The van der Waals surface area contributed by atoms with Gasteiger partial charge in [0.25, 0.3) is 11.5 Å². The van der Waals surface area contributed by atoms with Crippen LogP contribution >= 0.6 is 0 Å². The molecule has 0 fully saturated rings. The molecule has 11 heteroatoms. The summed E-state index contributed by atoms with van der Waals surface area (Å²) in [5.74, 6) is 1.37. The molecule has 0 aliphatic heterocycles. The van der Waals surface area contributed by atoms with Crippen LogP contribution in [0.1, 0.15) is 21.7 Å². The number of fused-ring (bicyclic) bond motifs is 1. The number of hydrogen-bond donors (Lipinski definition) is 1. The van der Waals surface area contributed by atoms with E-state index in [0.29, 0.717) is 46.4 Å². The van der Waals surface area contributed by atoms with Gasteiger partial charge in [0.1, 0.15) is 5.69 Å². The number of pyridine rings is 1. The molecule has 2 aromatic heterocycles. The molecule has 1 amide bonds. The molecule has 0 radical (unpaired) electrons. The summed E-state index contributed by atoms with van der Waals surface area (Å²) >= 11 is 0. The average Bonchev–Trinajstić information content (AvgIpc) is 2.93. The van der Waals surface area contributed by atoms with Crippen LogP contribution in [0.15, 0.2) is 52.2 Å². The number of rotatable bonds is 8. The fraction of sp³-hybridized carbons (Fsp3) is 0.259. The minimum absolute atomic E-state index is 0.0843. The summed E-state index contributed by atoms with van der Waals surface area (Å²) < 4.78 is 23.9. The highest BCUT2D eigenvalue weighted by atomic mass is 16.5. The first-order valence-corrected chi connectivity index (χ1v) is 11.5. The molecule has 4 rings (SSSR count). The van der Waals surface area contributed by atoms with Gasteiger partial charge in [0.05, 0.1) is 34.1 Å². The number of aromatic nitrogens is 3. The summed E-state index contributed by atoms with van der Waals surface area (Å²) in [7, 11) is 8.91. The molecule has 0 bridgehead atoms. The first kappa shape index (κ1) is 26.3. The Balaban J connectivity index is 1.82. The van der Waals surface area contributed by atoms with Gasteiger partial charge in [-0.1, -0.05) is 0 Å². The zero-order valence-corrected chi connectivity index (χ0v) is 21.9. The van der Waals surface area contributed by atoms with Crippen molar-refractivity contribution in [2.75, 3.05) is 33.8 Å². The highest BCUT2D eigenvalue weighted by molar-refractivity contribution is 6.03. The predicted octanol–water partition coefficient (Wildman–Crippen LogP) is 2.51. The Labute approximate surface area is 218 Å². The number of nitrogens with zero attached hydrogens (tertiary/aromatic N) is 3. The molecule has 0 saturated carbocycles. The molecule has 38 heavy (non-hydrogen) atoms. The van der Waals surface area contributed by atoms with Crippen LogP contribution in [-0.2, 0) is 20.5 Å². The zero-order valence-electron chi connectivity index (χ0n) is 21.9. The minimum atomic E-state index is -0.631. The number of hydrogen-bond acceptors (Lipinski definition) is 8. The summed E-state index contributed by atoms with van der Waals surface area (Å²) in [6.07, 6.45) is 2.00. The molecule has 0 unspecified atom stereocenters. The number of nitrogens with one attached hydrogen (secondary N) is 1. The number of amides is 1. The number of benzene rings is 2. The Bertz CT molecular complexity index is 1660. The van der Waals surface area contributed by atoms with E-state index in [1.807, 2.05) is 18.2 Å². The van der Waals surface area contributed by atoms with E-state index in [-0.39, 0.29) is 5.69 Å². The van der Waals surface area contributed by atoms with Gasteiger partial charge in [-0.3, -0.25) is 23.7 Å². The van der Waals surface area contributed by atoms with Gasteiger partial charge in [-0.2, -0.15) is 0 Å². The van der Waals surface area contributed by atoms with Crippen LogP contribution in [0.25, 0.3) is 10.8 Å². The molecule has 0 atom stereocenters. The van der Waals surface area contributed by atoms with Gasteiger partial charge in [-0.25, -0.2) is 4.79 Å². The molecule has 198 valence electrons. The van der Waals surface area contributed by atoms with Crippen molar-refractivity contribution < 1.29 is 23.7 Å². The number of carbonyl (C=O) groups excluding carboxylic acids is 1. The van der Waals surface area contributed by atoms with E-state index >= 15 is 0 Å². The third-order valence-corrected chi connectivity index (χ3v) is 6.33. The lowest BCUT2D eigenvalue weighted by Crippen LogP contribution is -2.40. The largest absolute Gasteiger partial charge is 0.493 e. The molecule has 0 spiro atoms. The molecule has 1 N–H and O–H groups in total. The third-order valence-electron chi connectivity index (χ3n) is 6.33. The predicted molar refractivity (Wildman–Crippen MR) is 142 cm³/mol. The van der Waals surface area contributed by atoms with Crippen LogP contribution in [0.4, 0.5) is 5.69 Å². The fourth-order valence-corrected chi connectivity index (χ4v) is 4.20. The summed E-state index contributed by atoms with van der Waals surface area (Å²) in [4.78, 5) is 42.4.